The quantitative estimate of drug-likeness (QED) is 0.265. The van der Waals surface area contributed by atoms with Gasteiger partial charge in [-0.25, -0.2) is 4.79 Å². The van der Waals surface area contributed by atoms with Crippen LogP contribution in [0.4, 0.5) is 4.79 Å². The molecule has 0 radical (unpaired) electrons. The van der Waals surface area contributed by atoms with E-state index < -0.39 is 6.16 Å². The Bertz CT molecular complexity index is 229. The standard InChI is InChI=1S/C16H30O4/c1-2-3-4-5-6-8-11-14-19-16(18)20-15-12-9-7-10-13-17/h13H,2-12,14-15H2,1H3. The van der Waals surface area contributed by atoms with E-state index in [0.717, 1.165) is 38.4 Å². The smallest absolute Gasteiger partial charge is 0.434 e. The fourth-order valence-corrected chi connectivity index (χ4v) is 1.92. The first-order valence-electron chi connectivity index (χ1n) is 8.04. The van der Waals surface area contributed by atoms with Gasteiger partial charge in [0.05, 0.1) is 13.2 Å². The molecule has 0 aliphatic rings. The van der Waals surface area contributed by atoms with Gasteiger partial charge in [-0.2, -0.15) is 0 Å². The van der Waals surface area contributed by atoms with Crippen molar-refractivity contribution in [1.29, 1.82) is 0 Å². The maximum atomic E-state index is 11.2. The van der Waals surface area contributed by atoms with E-state index in [4.69, 9.17) is 9.47 Å². The molecule has 0 N–H and O–H groups in total. The summed E-state index contributed by atoms with van der Waals surface area (Å²) >= 11 is 0. The van der Waals surface area contributed by atoms with Gasteiger partial charge >= 0.3 is 6.16 Å². The molecule has 0 saturated carbocycles. The minimum Gasteiger partial charge on any atom is -0.434 e. The van der Waals surface area contributed by atoms with Crippen LogP contribution in [-0.4, -0.2) is 25.7 Å². The molecule has 0 aliphatic heterocycles. The molecule has 20 heavy (non-hydrogen) atoms. The van der Waals surface area contributed by atoms with Crippen LogP contribution in [-0.2, 0) is 14.3 Å². The number of unbranched alkanes of at least 4 members (excludes halogenated alkanes) is 9. The van der Waals surface area contributed by atoms with Crippen molar-refractivity contribution in [3.8, 4) is 0 Å². The first kappa shape index (κ1) is 18.9. The van der Waals surface area contributed by atoms with Crippen molar-refractivity contribution in [3.63, 3.8) is 0 Å². The molecule has 0 saturated heterocycles. The largest absolute Gasteiger partial charge is 0.508 e. The number of carbonyl (C=O) groups is 2. The van der Waals surface area contributed by atoms with E-state index in [1.165, 1.54) is 32.1 Å². The predicted molar refractivity (Wildman–Crippen MR) is 79.8 cm³/mol. The molecule has 4 heteroatoms. The predicted octanol–water partition coefficient (Wildman–Crippen LogP) is 4.65. The van der Waals surface area contributed by atoms with Crippen molar-refractivity contribution < 1.29 is 19.1 Å². The van der Waals surface area contributed by atoms with E-state index in [1.54, 1.807) is 0 Å². The van der Waals surface area contributed by atoms with Gasteiger partial charge in [-0.15, -0.1) is 0 Å². The summed E-state index contributed by atoms with van der Waals surface area (Å²) in [6.07, 6.45) is 11.9. The van der Waals surface area contributed by atoms with Gasteiger partial charge in [0.1, 0.15) is 6.29 Å². The third-order valence-electron chi connectivity index (χ3n) is 3.15. The van der Waals surface area contributed by atoms with Gasteiger partial charge < -0.3 is 14.3 Å². The molecule has 4 nitrogen and oxygen atoms in total. The van der Waals surface area contributed by atoms with Gasteiger partial charge in [0, 0.05) is 6.42 Å². The van der Waals surface area contributed by atoms with Crippen LogP contribution >= 0.6 is 0 Å². The van der Waals surface area contributed by atoms with Gasteiger partial charge in [0.15, 0.2) is 0 Å². The fraction of sp³-hybridized carbons (Fsp3) is 0.875. The Morgan fingerprint density at radius 2 is 1.30 bits per heavy atom. The summed E-state index contributed by atoms with van der Waals surface area (Å²) < 4.78 is 9.91. The molecular weight excluding hydrogens is 256 g/mol. The first-order chi connectivity index (χ1) is 9.81. The molecule has 0 unspecified atom stereocenters. The SMILES string of the molecule is CCCCCCCCCOC(=O)OCCCCCC=O. The summed E-state index contributed by atoms with van der Waals surface area (Å²) in [7, 11) is 0. The van der Waals surface area contributed by atoms with E-state index in [0.29, 0.717) is 19.6 Å². The van der Waals surface area contributed by atoms with Crippen LogP contribution in [0.2, 0.25) is 0 Å². The third kappa shape index (κ3) is 15.0. The Hall–Kier alpha value is -1.06. The van der Waals surface area contributed by atoms with Crippen molar-refractivity contribution in [2.75, 3.05) is 13.2 Å². The van der Waals surface area contributed by atoms with Crippen LogP contribution in [0.1, 0.15) is 77.6 Å². The Morgan fingerprint density at radius 1 is 0.800 bits per heavy atom. The number of hydrogen-bond acceptors (Lipinski definition) is 4. The summed E-state index contributed by atoms with van der Waals surface area (Å²) in [6, 6.07) is 0. The van der Waals surface area contributed by atoms with Crippen LogP contribution in [0.15, 0.2) is 0 Å². The van der Waals surface area contributed by atoms with Crippen LogP contribution < -0.4 is 0 Å². The Balaban J connectivity index is 3.14. The van der Waals surface area contributed by atoms with E-state index >= 15 is 0 Å². The molecule has 0 aromatic carbocycles. The van der Waals surface area contributed by atoms with Crippen molar-refractivity contribution in [2.24, 2.45) is 0 Å². The van der Waals surface area contributed by atoms with Crippen LogP contribution in [0.5, 0.6) is 0 Å². The zero-order chi connectivity index (χ0) is 14.9. The Morgan fingerprint density at radius 3 is 1.85 bits per heavy atom. The minimum absolute atomic E-state index is 0.384. The molecule has 0 aromatic rings. The molecule has 118 valence electrons. The minimum atomic E-state index is -0.564. The van der Waals surface area contributed by atoms with Crippen molar-refractivity contribution in [3.05, 3.63) is 0 Å². The molecule has 0 rings (SSSR count). The van der Waals surface area contributed by atoms with Gasteiger partial charge in [-0.3, -0.25) is 0 Å². The number of carbonyl (C=O) groups excluding carboxylic acids is 2. The lowest BCUT2D eigenvalue weighted by atomic mass is 10.1. The monoisotopic (exact) mass is 286 g/mol. The molecule has 0 atom stereocenters. The van der Waals surface area contributed by atoms with Gasteiger partial charge in [-0.05, 0) is 25.7 Å². The summed E-state index contributed by atoms with van der Waals surface area (Å²) in [6.45, 7) is 3.05. The average Bonchev–Trinajstić information content (AvgIpc) is 2.45. The van der Waals surface area contributed by atoms with Crippen molar-refractivity contribution in [1.82, 2.24) is 0 Å². The fourth-order valence-electron chi connectivity index (χ4n) is 1.92. The van der Waals surface area contributed by atoms with E-state index in [-0.39, 0.29) is 0 Å². The average molecular weight is 286 g/mol. The van der Waals surface area contributed by atoms with Crippen LogP contribution in [0.3, 0.4) is 0 Å². The summed E-state index contributed by atoms with van der Waals surface area (Å²) in [5, 5.41) is 0. The van der Waals surface area contributed by atoms with Crippen LogP contribution in [0, 0.1) is 0 Å². The number of aldehydes is 1. The molecule has 0 aromatic heterocycles. The van der Waals surface area contributed by atoms with Gasteiger partial charge in [-0.1, -0.05) is 45.4 Å². The molecule has 0 amide bonds. The van der Waals surface area contributed by atoms with E-state index in [1.807, 2.05) is 0 Å². The molecule has 0 aliphatic carbocycles. The first-order valence-corrected chi connectivity index (χ1v) is 8.04. The summed E-state index contributed by atoms with van der Waals surface area (Å²) in [5.41, 5.74) is 0. The second kappa shape index (κ2) is 16.0. The maximum Gasteiger partial charge on any atom is 0.508 e. The number of hydrogen-bond donors (Lipinski definition) is 0. The Labute approximate surface area is 123 Å². The molecule has 0 bridgehead atoms. The third-order valence-corrected chi connectivity index (χ3v) is 3.15. The van der Waals surface area contributed by atoms with Gasteiger partial charge in [0.2, 0.25) is 0 Å². The molecule has 0 spiro atoms. The summed E-state index contributed by atoms with van der Waals surface area (Å²) in [4.78, 5) is 21.3. The highest BCUT2D eigenvalue weighted by atomic mass is 16.7. The normalized spacial score (nSPS) is 10.2. The van der Waals surface area contributed by atoms with E-state index in [2.05, 4.69) is 6.92 Å². The van der Waals surface area contributed by atoms with Crippen molar-refractivity contribution in [2.45, 2.75) is 77.6 Å². The summed E-state index contributed by atoms with van der Waals surface area (Å²) in [5.74, 6) is 0. The molecule has 0 fully saturated rings. The lowest BCUT2D eigenvalue weighted by Crippen LogP contribution is -2.09. The zero-order valence-electron chi connectivity index (χ0n) is 12.9. The lowest BCUT2D eigenvalue weighted by molar-refractivity contribution is -0.107. The van der Waals surface area contributed by atoms with E-state index in [9.17, 15) is 9.59 Å². The number of rotatable bonds is 14. The highest BCUT2D eigenvalue weighted by molar-refractivity contribution is 5.59. The Kier molecular flexibility index (Phi) is 15.1. The highest BCUT2D eigenvalue weighted by Crippen LogP contribution is 2.07. The topological polar surface area (TPSA) is 52.6 Å². The lowest BCUT2D eigenvalue weighted by Gasteiger charge is -2.06. The highest BCUT2D eigenvalue weighted by Gasteiger charge is 2.02. The molecular formula is C16H30O4. The second-order valence-corrected chi connectivity index (χ2v) is 5.08. The van der Waals surface area contributed by atoms with Gasteiger partial charge in [0.25, 0.3) is 0 Å². The molecule has 0 heterocycles. The second-order valence-electron chi connectivity index (χ2n) is 5.08. The maximum absolute atomic E-state index is 11.2. The van der Waals surface area contributed by atoms with Crippen LogP contribution in [0.25, 0.3) is 0 Å². The zero-order valence-corrected chi connectivity index (χ0v) is 12.9. The van der Waals surface area contributed by atoms with Crippen molar-refractivity contribution >= 4 is 12.4 Å². The number of ether oxygens (including phenoxy) is 2.